The molecule has 1 unspecified atom stereocenters. The number of carbonyl (C=O) groups excluding carboxylic acids is 1. The highest BCUT2D eigenvalue weighted by atomic mass is 19.1. The standard InChI is InChI=1S/C33H32FN3O4/c1-21(22-5-9-24(34)10-6-22)15-32(38)36-25-11-7-23(8-12-25)33-30(17-35)29-14-13-27(40-19-28-18-39-20-41-28)16-31(29)37(33)26-3-2-4-26/h5-14,16,21,26,28H,2-4,15,18-20H2,1H3,(H,36,38)/t21-,28?/m0/s1. The molecule has 210 valence electrons. The molecule has 1 aliphatic heterocycles. The van der Waals surface area contributed by atoms with Crippen molar-refractivity contribution in [2.75, 3.05) is 25.3 Å². The lowest BCUT2D eigenvalue weighted by atomic mass is 9.92. The molecule has 2 fully saturated rings. The number of nitrogens with zero attached hydrogens (tertiary/aromatic N) is 2. The highest BCUT2D eigenvalue weighted by Gasteiger charge is 2.28. The van der Waals surface area contributed by atoms with E-state index in [2.05, 4.69) is 16.0 Å². The topological polar surface area (TPSA) is 85.5 Å². The highest BCUT2D eigenvalue weighted by Crippen LogP contribution is 2.43. The number of ether oxygens (including phenoxy) is 3. The maximum Gasteiger partial charge on any atom is 0.224 e. The minimum Gasteiger partial charge on any atom is -0.491 e. The Balaban J connectivity index is 1.24. The Morgan fingerprint density at radius 3 is 2.59 bits per heavy atom. The van der Waals surface area contributed by atoms with Crippen molar-refractivity contribution < 1.29 is 23.4 Å². The molecule has 41 heavy (non-hydrogen) atoms. The third-order valence-corrected chi connectivity index (χ3v) is 8.03. The second-order valence-corrected chi connectivity index (χ2v) is 10.8. The van der Waals surface area contributed by atoms with Crippen LogP contribution in [0.25, 0.3) is 22.2 Å². The van der Waals surface area contributed by atoms with Crippen molar-refractivity contribution in [2.24, 2.45) is 0 Å². The van der Waals surface area contributed by atoms with Crippen LogP contribution in [0.15, 0.2) is 66.7 Å². The number of nitrogens with one attached hydrogen (secondary N) is 1. The molecule has 1 saturated carbocycles. The van der Waals surface area contributed by atoms with E-state index in [0.29, 0.717) is 37.3 Å². The number of anilines is 1. The number of benzene rings is 3. The van der Waals surface area contributed by atoms with E-state index in [1.54, 1.807) is 12.1 Å². The predicted molar refractivity (Wildman–Crippen MR) is 154 cm³/mol. The third kappa shape index (κ3) is 5.69. The van der Waals surface area contributed by atoms with Crippen LogP contribution in [0.3, 0.4) is 0 Å². The lowest BCUT2D eigenvalue weighted by Crippen LogP contribution is -2.20. The number of carbonyl (C=O) groups is 1. The Morgan fingerprint density at radius 2 is 1.93 bits per heavy atom. The summed E-state index contributed by atoms with van der Waals surface area (Å²) in [6.45, 7) is 3.17. The molecule has 2 heterocycles. The van der Waals surface area contributed by atoms with Crippen LogP contribution in [-0.2, 0) is 14.3 Å². The van der Waals surface area contributed by atoms with Crippen molar-refractivity contribution in [1.82, 2.24) is 4.57 Å². The molecule has 1 saturated heterocycles. The number of aromatic nitrogens is 1. The minimum atomic E-state index is -0.292. The van der Waals surface area contributed by atoms with Gasteiger partial charge in [0.25, 0.3) is 0 Å². The predicted octanol–water partition coefficient (Wildman–Crippen LogP) is 6.93. The average molecular weight is 554 g/mol. The van der Waals surface area contributed by atoms with Crippen LogP contribution in [0, 0.1) is 17.1 Å². The normalized spacial score (nSPS) is 17.6. The summed E-state index contributed by atoms with van der Waals surface area (Å²) in [5.74, 6) is 0.285. The Bertz CT molecular complexity index is 1580. The quantitative estimate of drug-likeness (QED) is 0.243. The summed E-state index contributed by atoms with van der Waals surface area (Å²) < 4.78 is 32.3. The van der Waals surface area contributed by atoms with Crippen LogP contribution in [0.4, 0.5) is 10.1 Å². The molecule has 2 aliphatic rings. The van der Waals surface area contributed by atoms with Crippen molar-refractivity contribution >= 4 is 22.5 Å². The third-order valence-electron chi connectivity index (χ3n) is 8.03. The largest absolute Gasteiger partial charge is 0.491 e. The molecule has 4 aromatic rings. The zero-order valence-corrected chi connectivity index (χ0v) is 22.9. The van der Waals surface area contributed by atoms with Gasteiger partial charge in [0.2, 0.25) is 5.91 Å². The van der Waals surface area contributed by atoms with E-state index in [9.17, 15) is 14.4 Å². The summed E-state index contributed by atoms with van der Waals surface area (Å²) in [7, 11) is 0. The maximum atomic E-state index is 13.2. The Hall–Kier alpha value is -4.19. The SMILES string of the molecule is C[C@@H](CC(=O)Nc1ccc(-c2c(C#N)c3ccc(OCC4COCO4)cc3n2C2CCC2)cc1)c1ccc(F)cc1. The summed E-state index contributed by atoms with van der Waals surface area (Å²) in [6.07, 6.45) is 3.47. The van der Waals surface area contributed by atoms with Crippen molar-refractivity contribution in [3.05, 3.63) is 83.7 Å². The van der Waals surface area contributed by atoms with Gasteiger partial charge in [-0.15, -0.1) is 0 Å². The van der Waals surface area contributed by atoms with Gasteiger partial charge in [-0.3, -0.25) is 4.79 Å². The summed E-state index contributed by atoms with van der Waals surface area (Å²) >= 11 is 0. The van der Waals surface area contributed by atoms with E-state index in [1.165, 1.54) is 12.1 Å². The molecular formula is C33H32FN3O4. The van der Waals surface area contributed by atoms with Gasteiger partial charge in [0, 0.05) is 29.6 Å². The minimum absolute atomic E-state index is 0.0425. The van der Waals surface area contributed by atoms with Gasteiger partial charge in [0.15, 0.2) is 0 Å². The van der Waals surface area contributed by atoms with E-state index in [1.807, 2.05) is 49.4 Å². The van der Waals surface area contributed by atoms with Gasteiger partial charge in [-0.2, -0.15) is 5.26 Å². The first-order valence-electron chi connectivity index (χ1n) is 14.1. The van der Waals surface area contributed by atoms with E-state index in [4.69, 9.17) is 14.2 Å². The summed E-state index contributed by atoms with van der Waals surface area (Å²) in [5, 5.41) is 14.1. The summed E-state index contributed by atoms with van der Waals surface area (Å²) in [6, 6.07) is 22.6. The zero-order valence-electron chi connectivity index (χ0n) is 22.9. The zero-order chi connectivity index (χ0) is 28.3. The lowest BCUT2D eigenvalue weighted by molar-refractivity contribution is -0.116. The van der Waals surface area contributed by atoms with Gasteiger partial charge >= 0.3 is 0 Å². The van der Waals surface area contributed by atoms with Gasteiger partial charge in [-0.1, -0.05) is 31.2 Å². The van der Waals surface area contributed by atoms with E-state index >= 15 is 0 Å². The molecule has 8 heteroatoms. The van der Waals surface area contributed by atoms with Crippen LogP contribution in [0.5, 0.6) is 5.75 Å². The first-order chi connectivity index (χ1) is 20.0. The van der Waals surface area contributed by atoms with Crippen molar-refractivity contribution in [2.45, 2.75) is 50.7 Å². The number of hydrogen-bond donors (Lipinski definition) is 1. The molecule has 6 rings (SSSR count). The molecule has 0 spiro atoms. The van der Waals surface area contributed by atoms with E-state index in [0.717, 1.165) is 52.7 Å². The molecule has 1 aromatic heterocycles. The molecule has 0 radical (unpaired) electrons. The van der Waals surface area contributed by atoms with Gasteiger partial charge in [-0.25, -0.2) is 4.39 Å². The van der Waals surface area contributed by atoms with E-state index < -0.39 is 0 Å². The van der Waals surface area contributed by atoms with Gasteiger partial charge < -0.3 is 24.1 Å². The van der Waals surface area contributed by atoms with Crippen LogP contribution in [-0.4, -0.2) is 36.6 Å². The molecule has 1 amide bonds. The molecule has 1 N–H and O–H groups in total. The number of hydrogen-bond acceptors (Lipinski definition) is 5. The fourth-order valence-electron chi connectivity index (χ4n) is 5.57. The first-order valence-corrected chi connectivity index (χ1v) is 14.1. The van der Waals surface area contributed by atoms with Gasteiger partial charge in [-0.05, 0) is 72.7 Å². The smallest absolute Gasteiger partial charge is 0.224 e. The van der Waals surface area contributed by atoms with Gasteiger partial charge in [0.05, 0.1) is 23.4 Å². The Kier molecular flexibility index (Phi) is 7.73. The Morgan fingerprint density at radius 1 is 1.15 bits per heavy atom. The highest BCUT2D eigenvalue weighted by molar-refractivity contribution is 5.96. The summed E-state index contributed by atoms with van der Waals surface area (Å²) in [5.41, 5.74) is 5.02. The molecular weight excluding hydrogens is 521 g/mol. The monoisotopic (exact) mass is 553 g/mol. The number of nitriles is 1. The van der Waals surface area contributed by atoms with Crippen LogP contribution < -0.4 is 10.1 Å². The molecule has 1 aliphatic carbocycles. The fourth-order valence-corrected chi connectivity index (χ4v) is 5.57. The fraction of sp³-hybridized carbons (Fsp3) is 0.333. The number of fused-ring (bicyclic) bond motifs is 1. The Labute approximate surface area is 238 Å². The lowest BCUT2D eigenvalue weighted by Gasteiger charge is -2.30. The van der Waals surface area contributed by atoms with Gasteiger partial charge in [0.1, 0.15) is 37.1 Å². The van der Waals surface area contributed by atoms with E-state index in [-0.39, 0.29) is 30.2 Å². The van der Waals surface area contributed by atoms with Crippen molar-refractivity contribution in [1.29, 1.82) is 5.26 Å². The molecule has 0 bridgehead atoms. The van der Waals surface area contributed by atoms with Crippen LogP contribution in [0.1, 0.15) is 55.7 Å². The van der Waals surface area contributed by atoms with Crippen LogP contribution in [0.2, 0.25) is 0 Å². The maximum absolute atomic E-state index is 13.2. The molecule has 3 aromatic carbocycles. The number of rotatable bonds is 9. The summed E-state index contributed by atoms with van der Waals surface area (Å²) in [4.78, 5) is 12.7. The molecule has 2 atom stereocenters. The van der Waals surface area contributed by atoms with Crippen LogP contribution >= 0.6 is 0 Å². The molecule has 7 nitrogen and oxygen atoms in total. The van der Waals surface area contributed by atoms with Crippen molar-refractivity contribution in [3.8, 4) is 23.1 Å². The second kappa shape index (κ2) is 11.7. The second-order valence-electron chi connectivity index (χ2n) is 10.8. The van der Waals surface area contributed by atoms with Crippen molar-refractivity contribution in [3.63, 3.8) is 0 Å². The number of amides is 1. The average Bonchev–Trinajstić information content (AvgIpc) is 3.58. The number of halogens is 1. The first kappa shape index (κ1) is 27.0.